The zero-order valence-corrected chi connectivity index (χ0v) is 11.5. The van der Waals surface area contributed by atoms with Crippen molar-refractivity contribution < 1.29 is 9.90 Å². The lowest BCUT2D eigenvalue weighted by atomic mass is 10.2. The highest BCUT2D eigenvalue weighted by Crippen LogP contribution is 2.23. The van der Waals surface area contributed by atoms with E-state index in [-0.39, 0.29) is 0 Å². The van der Waals surface area contributed by atoms with E-state index in [4.69, 9.17) is 5.11 Å². The Morgan fingerprint density at radius 2 is 2.11 bits per heavy atom. The molecule has 4 heteroatoms. The van der Waals surface area contributed by atoms with Crippen LogP contribution >= 0.6 is 11.3 Å². The zero-order chi connectivity index (χ0) is 13.7. The van der Waals surface area contributed by atoms with Crippen molar-refractivity contribution in [2.24, 2.45) is 0 Å². The normalized spacial score (nSPS) is 11.0. The van der Waals surface area contributed by atoms with E-state index in [1.54, 1.807) is 17.4 Å². The Hall–Kier alpha value is -1.94. The molecule has 0 radical (unpaired) electrons. The summed E-state index contributed by atoms with van der Waals surface area (Å²) in [6.07, 6.45) is 4.40. The Morgan fingerprint density at radius 3 is 2.74 bits per heavy atom. The molecule has 1 aromatic heterocycles. The van der Waals surface area contributed by atoms with Gasteiger partial charge in [-0.15, -0.1) is 11.3 Å². The average Bonchev–Trinajstić information content (AvgIpc) is 2.79. The van der Waals surface area contributed by atoms with E-state index in [0.717, 1.165) is 28.4 Å². The van der Waals surface area contributed by atoms with E-state index in [1.165, 1.54) is 11.6 Å². The fourth-order valence-corrected chi connectivity index (χ4v) is 2.88. The van der Waals surface area contributed by atoms with Gasteiger partial charge in [0.15, 0.2) is 0 Å². The van der Waals surface area contributed by atoms with Crippen LogP contribution in [-0.4, -0.2) is 16.1 Å². The van der Waals surface area contributed by atoms with Crippen molar-refractivity contribution in [1.29, 1.82) is 0 Å². The second-order valence-corrected chi connectivity index (χ2v) is 5.22. The summed E-state index contributed by atoms with van der Waals surface area (Å²) >= 11 is 1.56. The third-order valence-electron chi connectivity index (χ3n) is 2.68. The van der Waals surface area contributed by atoms with Crippen LogP contribution in [0.15, 0.2) is 36.4 Å². The first-order valence-corrected chi connectivity index (χ1v) is 6.94. The second-order valence-electron chi connectivity index (χ2n) is 4.11. The van der Waals surface area contributed by atoms with Crippen LogP contribution in [-0.2, 0) is 17.6 Å². The maximum atomic E-state index is 10.6. The molecule has 0 saturated heterocycles. The van der Waals surface area contributed by atoms with Crippen LogP contribution in [0.2, 0.25) is 0 Å². The molecule has 0 spiro atoms. The summed E-state index contributed by atoms with van der Waals surface area (Å²) in [5, 5.41) is 9.70. The number of hydrogen-bond donors (Lipinski definition) is 1. The van der Waals surface area contributed by atoms with Crippen molar-refractivity contribution in [1.82, 2.24) is 4.98 Å². The van der Waals surface area contributed by atoms with Crippen molar-refractivity contribution in [2.45, 2.75) is 19.8 Å². The number of rotatable bonds is 5. The molecule has 2 rings (SSSR count). The van der Waals surface area contributed by atoms with Crippen LogP contribution in [0.1, 0.15) is 28.1 Å². The Labute approximate surface area is 116 Å². The van der Waals surface area contributed by atoms with Gasteiger partial charge in [-0.05, 0) is 18.1 Å². The maximum absolute atomic E-state index is 10.6. The summed E-state index contributed by atoms with van der Waals surface area (Å²) in [4.78, 5) is 16.1. The third kappa shape index (κ3) is 3.76. The molecule has 0 amide bonds. The molecule has 19 heavy (non-hydrogen) atoms. The van der Waals surface area contributed by atoms with E-state index in [2.05, 4.69) is 17.1 Å². The second kappa shape index (κ2) is 6.29. The first kappa shape index (κ1) is 13.5. The van der Waals surface area contributed by atoms with Crippen molar-refractivity contribution in [2.75, 3.05) is 0 Å². The Balaban J connectivity index is 2.21. The topological polar surface area (TPSA) is 50.2 Å². The average molecular weight is 273 g/mol. The first-order chi connectivity index (χ1) is 9.19. The highest BCUT2D eigenvalue weighted by atomic mass is 32.1. The summed E-state index contributed by atoms with van der Waals surface area (Å²) in [5.74, 6) is -0.930. The summed E-state index contributed by atoms with van der Waals surface area (Å²) < 4.78 is 0. The van der Waals surface area contributed by atoms with Crippen LogP contribution < -0.4 is 0 Å². The molecule has 0 bridgehead atoms. The molecular formula is C15H15NO2S. The van der Waals surface area contributed by atoms with E-state index >= 15 is 0 Å². The number of thiazole rings is 1. The van der Waals surface area contributed by atoms with Crippen molar-refractivity contribution >= 4 is 23.4 Å². The number of nitrogens with zero attached hydrogens (tertiary/aromatic N) is 1. The lowest BCUT2D eigenvalue weighted by molar-refractivity contribution is -0.131. The third-order valence-corrected chi connectivity index (χ3v) is 3.75. The van der Waals surface area contributed by atoms with Gasteiger partial charge in [-0.25, -0.2) is 9.78 Å². The monoisotopic (exact) mass is 273 g/mol. The molecular weight excluding hydrogens is 258 g/mol. The minimum atomic E-state index is -0.930. The molecule has 0 fully saturated rings. The molecule has 1 aromatic carbocycles. The van der Waals surface area contributed by atoms with Gasteiger partial charge in [0.2, 0.25) is 0 Å². The van der Waals surface area contributed by atoms with Crippen LogP contribution in [0.3, 0.4) is 0 Å². The number of carbonyl (C=O) groups is 1. The number of hydrogen-bond acceptors (Lipinski definition) is 3. The molecule has 0 unspecified atom stereocenters. The van der Waals surface area contributed by atoms with Crippen molar-refractivity contribution in [3.05, 3.63) is 57.6 Å². The highest BCUT2D eigenvalue weighted by Gasteiger charge is 2.08. The Morgan fingerprint density at radius 1 is 1.37 bits per heavy atom. The molecule has 0 aliphatic rings. The number of aryl methyl sites for hydroxylation is 1. The van der Waals surface area contributed by atoms with Crippen LogP contribution in [0, 0.1) is 0 Å². The van der Waals surface area contributed by atoms with Gasteiger partial charge in [-0.2, -0.15) is 0 Å². The number of aliphatic carboxylic acids is 1. The van der Waals surface area contributed by atoms with Crippen molar-refractivity contribution in [3.8, 4) is 0 Å². The Bertz CT molecular complexity index is 587. The van der Waals surface area contributed by atoms with Gasteiger partial charge in [0.05, 0.1) is 15.6 Å². The van der Waals surface area contributed by atoms with Gasteiger partial charge in [-0.1, -0.05) is 37.3 Å². The largest absolute Gasteiger partial charge is 0.478 e. The number of benzene rings is 1. The maximum Gasteiger partial charge on any atom is 0.328 e. The van der Waals surface area contributed by atoms with E-state index in [1.807, 2.05) is 25.1 Å². The zero-order valence-electron chi connectivity index (χ0n) is 10.7. The quantitative estimate of drug-likeness (QED) is 0.849. The van der Waals surface area contributed by atoms with E-state index in [9.17, 15) is 4.79 Å². The van der Waals surface area contributed by atoms with Gasteiger partial charge < -0.3 is 5.11 Å². The first-order valence-electron chi connectivity index (χ1n) is 6.12. The van der Waals surface area contributed by atoms with Crippen LogP contribution in [0.25, 0.3) is 6.08 Å². The molecule has 98 valence electrons. The predicted octanol–water partition coefficient (Wildman–Crippen LogP) is 3.39. The number of carboxylic acids is 1. The molecule has 0 atom stereocenters. The van der Waals surface area contributed by atoms with Gasteiger partial charge >= 0.3 is 5.97 Å². The minimum absolute atomic E-state index is 0.791. The lowest BCUT2D eigenvalue weighted by Gasteiger charge is -1.95. The van der Waals surface area contributed by atoms with Gasteiger partial charge in [0.25, 0.3) is 0 Å². The molecule has 0 aliphatic carbocycles. The van der Waals surface area contributed by atoms with Crippen LogP contribution in [0.5, 0.6) is 0 Å². The number of carboxylic acid groups (broad SMARTS) is 1. The molecule has 1 N–H and O–H groups in total. The van der Waals surface area contributed by atoms with Crippen molar-refractivity contribution in [3.63, 3.8) is 0 Å². The molecule has 2 aromatic rings. The summed E-state index contributed by atoms with van der Waals surface area (Å²) in [6, 6.07) is 10.1. The summed E-state index contributed by atoms with van der Waals surface area (Å²) in [6.45, 7) is 2.03. The highest BCUT2D eigenvalue weighted by molar-refractivity contribution is 7.12. The van der Waals surface area contributed by atoms with Gasteiger partial charge in [0, 0.05) is 12.5 Å². The van der Waals surface area contributed by atoms with E-state index in [0.29, 0.717) is 0 Å². The molecule has 0 aliphatic heterocycles. The fourth-order valence-electron chi connectivity index (χ4n) is 1.79. The number of aromatic nitrogens is 1. The van der Waals surface area contributed by atoms with E-state index < -0.39 is 5.97 Å². The minimum Gasteiger partial charge on any atom is -0.478 e. The standard InChI is InChI=1S/C15H15NO2S/c1-2-12-13(8-9-15(17)18)19-14(16-12)10-11-6-4-3-5-7-11/h3-9H,2,10H2,1H3,(H,17,18)/b9-8+. The fraction of sp³-hybridized carbons (Fsp3) is 0.200. The molecule has 0 saturated carbocycles. The van der Waals surface area contributed by atoms with Crippen LogP contribution in [0.4, 0.5) is 0 Å². The lowest BCUT2D eigenvalue weighted by Crippen LogP contribution is -1.89. The Kier molecular flexibility index (Phi) is 4.47. The SMILES string of the molecule is CCc1nc(Cc2ccccc2)sc1/C=C/C(=O)O. The van der Waals surface area contributed by atoms with Gasteiger partial charge in [0.1, 0.15) is 0 Å². The van der Waals surface area contributed by atoms with Gasteiger partial charge in [-0.3, -0.25) is 0 Å². The smallest absolute Gasteiger partial charge is 0.328 e. The molecule has 1 heterocycles. The summed E-state index contributed by atoms with van der Waals surface area (Å²) in [5.41, 5.74) is 2.18. The summed E-state index contributed by atoms with van der Waals surface area (Å²) in [7, 11) is 0. The molecule has 3 nitrogen and oxygen atoms in total. The predicted molar refractivity (Wildman–Crippen MR) is 77.4 cm³/mol.